The topological polar surface area (TPSA) is 22.1 Å². The van der Waals surface area contributed by atoms with Crippen LogP contribution >= 0.6 is 0 Å². The summed E-state index contributed by atoms with van der Waals surface area (Å²) in [7, 11) is 1.56. The lowest BCUT2D eigenvalue weighted by molar-refractivity contribution is 0.413. The zero-order chi connectivity index (χ0) is 11.5. The Bertz CT molecular complexity index is 511. The van der Waals surface area contributed by atoms with Gasteiger partial charge in [-0.15, -0.1) is 0 Å². The molecule has 1 aromatic carbocycles. The SMILES string of the molecule is COc1cncc(-c2cc(C)ccc2F)c1. The second-order valence-corrected chi connectivity index (χ2v) is 3.60. The standard InChI is InChI=1S/C13H12FNO/c1-9-3-4-13(14)12(5-9)10-6-11(16-2)8-15-7-10/h3-8H,1-2H3. The Hall–Kier alpha value is -1.90. The highest BCUT2D eigenvalue weighted by molar-refractivity contribution is 5.65. The minimum Gasteiger partial charge on any atom is -0.495 e. The van der Waals surface area contributed by atoms with E-state index in [1.165, 1.54) is 6.07 Å². The Balaban J connectivity index is 2.53. The fourth-order valence-corrected chi connectivity index (χ4v) is 1.54. The number of hydrogen-bond donors (Lipinski definition) is 0. The Morgan fingerprint density at radius 3 is 2.75 bits per heavy atom. The number of aromatic nitrogens is 1. The number of methoxy groups -OCH3 is 1. The molecule has 0 aliphatic carbocycles. The molecule has 1 aromatic heterocycles. The van der Waals surface area contributed by atoms with Gasteiger partial charge in [-0.25, -0.2) is 4.39 Å². The van der Waals surface area contributed by atoms with Crippen LogP contribution in [0.1, 0.15) is 5.56 Å². The fourth-order valence-electron chi connectivity index (χ4n) is 1.54. The van der Waals surface area contributed by atoms with Gasteiger partial charge in [-0.05, 0) is 25.1 Å². The van der Waals surface area contributed by atoms with Gasteiger partial charge in [0.1, 0.15) is 11.6 Å². The van der Waals surface area contributed by atoms with Gasteiger partial charge in [-0.1, -0.05) is 11.6 Å². The third-order valence-corrected chi connectivity index (χ3v) is 2.38. The third-order valence-electron chi connectivity index (χ3n) is 2.38. The van der Waals surface area contributed by atoms with Gasteiger partial charge in [0.2, 0.25) is 0 Å². The van der Waals surface area contributed by atoms with Crippen LogP contribution in [0.3, 0.4) is 0 Å². The highest BCUT2D eigenvalue weighted by Gasteiger charge is 2.06. The van der Waals surface area contributed by atoms with Crippen LogP contribution < -0.4 is 4.74 Å². The second-order valence-electron chi connectivity index (χ2n) is 3.60. The molecule has 0 radical (unpaired) electrons. The van der Waals surface area contributed by atoms with Crippen molar-refractivity contribution in [2.75, 3.05) is 7.11 Å². The average Bonchev–Trinajstić information content (AvgIpc) is 2.32. The highest BCUT2D eigenvalue weighted by Crippen LogP contribution is 2.25. The molecule has 0 N–H and O–H groups in total. The fraction of sp³-hybridized carbons (Fsp3) is 0.154. The van der Waals surface area contributed by atoms with Crippen molar-refractivity contribution in [1.82, 2.24) is 4.98 Å². The lowest BCUT2D eigenvalue weighted by atomic mass is 10.0. The molecule has 16 heavy (non-hydrogen) atoms. The molecule has 0 atom stereocenters. The maximum absolute atomic E-state index is 13.6. The number of nitrogens with zero attached hydrogens (tertiary/aromatic N) is 1. The van der Waals surface area contributed by atoms with E-state index >= 15 is 0 Å². The molecule has 0 unspecified atom stereocenters. The summed E-state index contributed by atoms with van der Waals surface area (Å²) in [5, 5.41) is 0. The van der Waals surface area contributed by atoms with Crippen molar-refractivity contribution in [1.29, 1.82) is 0 Å². The van der Waals surface area contributed by atoms with Crippen molar-refractivity contribution in [3.05, 3.63) is 48.0 Å². The van der Waals surface area contributed by atoms with E-state index in [-0.39, 0.29) is 5.82 Å². The van der Waals surface area contributed by atoms with E-state index in [2.05, 4.69) is 4.98 Å². The summed E-state index contributed by atoms with van der Waals surface area (Å²) in [6.07, 6.45) is 3.22. The summed E-state index contributed by atoms with van der Waals surface area (Å²) < 4.78 is 18.7. The summed E-state index contributed by atoms with van der Waals surface area (Å²) >= 11 is 0. The quantitative estimate of drug-likeness (QED) is 0.770. The molecule has 82 valence electrons. The van der Waals surface area contributed by atoms with E-state index in [1.807, 2.05) is 6.92 Å². The number of aryl methyl sites for hydroxylation is 1. The van der Waals surface area contributed by atoms with Gasteiger partial charge in [0.25, 0.3) is 0 Å². The van der Waals surface area contributed by atoms with Crippen molar-refractivity contribution in [2.45, 2.75) is 6.92 Å². The first-order chi connectivity index (χ1) is 7.70. The second kappa shape index (κ2) is 4.31. The van der Waals surface area contributed by atoms with Gasteiger partial charge in [0.15, 0.2) is 0 Å². The van der Waals surface area contributed by atoms with Crippen LogP contribution in [0.4, 0.5) is 4.39 Å². The van der Waals surface area contributed by atoms with Gasteiger partial charge < -0.3 is 4.74 Å². The molecule has 0 spiro atoms. The number of hydrogen-bond acceptors (Lipinski definition) is 2. The van der Waals surface area contributed by atoms with Gasteiger partial charge in [0.05, 0.1) is 13.3 Å². The first kappa shape index (κ1) is 10.6. The van der Waals surface area contributed by atoms with Gasteiger partial charge in [-0.2, -0.15) is 0 Å². The van der Waals surface area contributed by atoms with Crippen LogP contribution in [0, 0.1) is 12.7 Å². The number of pyridine rings is 1. The smallest absolute Gasteiger partial charge is 0.137 e. The molecule has 0 saturated carbocycles. The normalized spacial score (nSPS) is 10.2. The third kappa shape index (κ3) is 2.03. The molecule has 0 amide bonds. The minimum absolute atomic E-state index is 0.249. The first-order valence-corrected chi connectivity index (χ1v) is 4.96. The van der Waals surface area contributed by atoms with Crippen LogP contribution in [-0.4, -0.2) is 12.1 Å². The lowest BCUT2D eigenvalue weighted by Gasteiger charge is -2.06. The van der Waals surface area contributed by atoms with E-state index < -0.39 is 0 Å². The minimum atomic E-state index is -0.249. The van der Waals surface area contributed by atoms with E-state index in [0.717, 1.165) is 11.1 Å². The number of rotatable bonds is 2. The summed E-state index contributed by atoms with van der Waals surface area (Å²) in [4.78, 5) is 4.01. The van der Waals surface area contributed by atoms with Crippen LogP contribution in [0.2, 0.25) is 0 Å². The lowest BCUT2D eigenvalue weighted by Crippen LogP contribution is -1.89. The predicted molar refractivity (Wildman–Crippen MR) is 60.9 cm³/mol. The van der Waals surface area contributed by atoms with Crippen molar-refractivity contribution >= 4 is 0 Å². The monoisotopic (exact) mass is 217 g/mol. The molecule has 2 rings (SSSR count). The maximum atomic E-state index is 13.6. The molecule has 0 aliphatic rings. The molecular formula is C13H12FNO. The zero-order valence-corrected chi connectivity index (χ0v) is 9.20. The average molecular weight is 217 g/mol. The van der Waals surface area contributed by atoms with E-state index in [9.17, 15) is 4.39 Å². The number of benzene rings is 1. The van der Waals surface area contributed by atoms with E-state index in [1.54, 1.807) is 37.7 Å². The van der Waals surface area contributed by atoms with Gasteiger partial charge in [-0.3, -0.25) is 4.98 Å². The van der Waals surface area contributed by atoms with Crippen molar-refractivity contribution in [2.24, 2.45) is 0 Å². The molecule has 0 saturated heterocycles. The maximum Gasteiger partial charge on any atom is 0.137 e. The van der Waals surface area contributed by atoms with Crippen molar-refractivity contribution in [3.8, 4) is 16.9 Å². The molecule has 2 aromatic rings. The largest absolute Gasteiger partial charge is 0.495 e. The molecule has 0 bridgehead atoms. The van der Waals surface area contributed by atoms with Crippen molar-refractivity contribution < 1.29 is 9.13 Å². The summed E-state index contributed by atoms with van der Waals surface area (Å²) in [6, 6.07) is 6.77. The Morgan fingerprint density at radius 1 is 1.19 bits per heavy atom. The van der Waals surface area contributed by atoms with Crippen LogP contribution in [0.25, 0.3) is 11.1 Å². The molecule has 0 aliphatic heterocycles. The molecule has 1 heterocycles. The molecule has 0 fully saturated rings. The van der Waals surface area contributed by atoms with Gasteiger partial charge in [0, 0.05) is 17.3 Å². The van der Waals surface area contributed by atoms with E-state index in [4.69, 9.17) is 4.74 Å². The van der Waals surface area contributed by atoms with Crippen LogP contribution in [-0.2, 0) is 0 Å². The van der Waals surface area contributed by atoms with Gasteiger partial charge >= 0.3 is 0 Å². The Kier molecular flexibility index (Phi) is 2.86. The number of halogens is 1. The highest BCUT2D eigenvalue weighted by atomic mass is 19.1. The molecule has 2 nitrogen and oxygen atoms in total. The van der Waals surface area contributed by atoms with Crippen LogP contribution in [0.15, 0.2) is 36.7 Å². The Labute approximate surface area is 93.7 Å². The summed E-state index contributed by atoms with van der Waals surface area (Å²) in [5.74, 6) is 0.374. The summed E-state index contributed by atoms with van der Waals surface area (Å²) in [5.41, 5.74) is 2.28. The first-order valence-electron chi connectivity index (χ1n) is 4.96. The van der Waals surface area contributed by atoms with Crippen molar-refractivity contribution in [3.63, 3.8) is 0 Å². The summed E-state index contributed by atoms with van der Waals surface area (Å²) in [6.45, 7) is 1.93. The van der Waals surface area contributed by atoms with E-state index in [0.29, 0.717) is 11.3 Å². The zero-order valence-electron chi connectivity index (χ0n) is 9.20. The Morgan fingerprint density at radius 2 is 2.00 bits per heavy atom. The predicted octanol–water partition coefficient (Wildman–Crippen LogP) is 3.20. The molecule has 3 heteroatoms. The molecular weight excluding hydrogens is 205 g/mol. The van der Waals surface area contributed by atoms with Crippen LogP contribution in [0.5, 0.6) is 5.75 Å². The number of ether oxygens (including phenoxy) is 1.